The predicted octanol–water partition coefficient (Wildman–Crippen LogP) is 13.1. The van der Waals surface area contributed by atoms with Crippen molar-refractivity contribution in [2.45, 2.75) is 152 Å². The minimum absolute atomic E-state index is 0.0155. The fourth-order valence-electron chi connectivity index (χ4n) is 12.0. The molecular formula is C58H78F6N4O8S4. The van der Waals surface area contributed by atoms with Gasteiger partial charge in [0.05, 0.1) is 68.2 Å². The number of hydrogen-bond donors (Lipinski definition) is 2. The molecule has 2 saturated carbocycles. The molecule has 2 aliphatic carbocycles. The summed E-state index contributed by atoms with van der Waals surface area (Å²) in [4.78, 5) is 35.4. The Morgan fingerprint density at radius 1 is 0.575 bits per heavy atom. The number of carbonyl (C=O) groups is 2. The Hall–Kier alpha value is -3.90. The largest absolute Gasteiger partial charge is 0.391 e. The molecule has 8 rings (SSSR count). The lowest BCUT2D eigenvalue weighted by Crippen LogP contribution is -2.35. The molecule has 2 N–H and O–H groups in total. The van der Waals surface area contributed by atoms with Crippen molar-refractivity contribution in [1.29, 1.82) is 0 Å². The van der Waals surface area contributed by atoms with Gasteiger partial charge in [0, 0.05) is 62.2 Å². The molecule has 0 spiro atoms. The number of methoxy groups -OCH3 is 2. The standard InChI is InChI=1S/2C29H39F3N2O4S2/c2*1-5-40(36,37)23-12-8-20(9-13-23)24(17-38-4)33-28(35)25-14-21-16-34(26(18(2)3)27(21)39-25)15-19-6-10-22(11-7-19)29(30,31)32/h2*8-9,12-14,18-19,22,24,26H,5-7,10-11,15-17H2,1-4H3,(H,33,35)/t19?,22?,24-,26+;19?,22?,24-,26-/m00/s1. The molecule has 2 fully saturated rings. The summed E-state index contributed by atoms with van der Waals surface area (Å²) in [5.74, 6) is -1.65. The number of carbonyl (C=O) groups excluding carboxylic acids is 2. The van der Waals surface area contributed by atoms with Gasteiger partial charge in [-0.25, -0.2) is 16.8 Å². The van der Waals surface area contributed by atoms with Crippen molar-refractivity contribution >= 4 is 54.2 Å². The van der Waals surface area contributed by atoms with Gasteiger partial charge in [0.2, 0.25) is 0 Å². The molecule has 4 aliphatic rings. The Bertz CT molecular complexity index is 2730. The van der Waals surface area contributed by atoms with E-state index in [1.165, 1.54) is 22.7 Å². The number of sulfone groups is 2. The SMILES string of the molecule is CCS(=O)(=O)c1ccc([C@H](COC)NC(=O)c2cc3c(s2)[C@@H](C(C)C)N(CC2CCC(C(F)(F)F)CC2)C3)cc1.CCS(=O)(=O)c1ccc([C@H](COC)NC(=O)c2cc3c(s2)[C@H](C(C)C)N(CC2CCC(C(F)(F)F)CC2)C3)cc1. The average molecular weight is 1200 g/mol. The number of nitrogens with one attached hydrogen (secondary N) is 2. The number of halogens is 6. The monoisotopic (exact) mass is 1200 g/mol. The fraction of sp³-hybridized carbons (Fsp3) is 0.621. The van der Waals surface area contributed by atoms with Crippen molar-refractivity contribution in [3.63, 3.8) is 0 Å². The van der Waals surface area contributed by atoms with E-state index in [-0.39, 0.29) is 95.9 Å². The molecule has 0 saturated heterocycles. The summed E-state index contributed by atoms with van der Waals surface area (Å²) >= 11 is 2.96. The van der Waals surface area contributed by atoms with E-state index in [2.05, 4.69) is 48.1 Å². The number of amides is 2. The Labute approximate surface area is 476 Å². The van der Waals surface area contributed by atoms with E-state index in [1.807, 2.05) is 12.1 Å². The molecule has 444 valence electrons. The molecule has 12 nitrogen and oxygen atoms in total. The quantitative estimate of drug-likeness (QED) is 0.0818. The number of fused-ring (bicyclic) bond motifs is 2. The third-order valence-corrected chi connectivity index (χ3v) is 22.4. The van der Waals surface area contributed by atoms with Crippen molar-refractivity contribution < 1.29 is 62.2 Å². The van der Waals surface area contributed by atoms with Crippen molar-refractivity contribution in [2.75, 3.05) is 52.0 Å². The third-order valence-electron chi connectivity index (χ3n) is 16.4. The summed E-state index contributed by atoms with van der Waals surface area (Å²) in [5.41, 5.74) is 3.71. The zero-order valence-electron chi connectivity index (χ0n) is 46.9. The van der Waals surface area contributed by atoms with Gasteiger partial charge in [0.25, 0.3) is 11.8 Å². The first kappa shape index (κ1) is 63.7. The van der Waals surface area contributed by atoms with Gasteiger partial charge in [-0.05, 0) is 134 Å². The molecule has 22 heteroatoms. The van der Waals surface area contributed by atoms with Gasteiger partial charge < -0.3 is 20.1 Å². The normalized spacial score (nSPS) is 22.9. The second-order valence-electron chi connectivity index (χ2n) is 22.7. The van der Waals surface area contributed by atoms with Gasteiger partial charge in [-0.15, -0.1) is 22.7 Å². The molecule has 2 aromatic heterocycles. The molecule has 2 aromatic carbocycles. The van der Waals surface area contributed by atoms with Crippen LogP contribution in [0.2, 0.25) is 0 Å². The van der Waals surface area contributed by atoms with Crippen LogP contribution in [0.1, 0.15) is 168 Å². The zero-order valence-corrected chi connectivity index (χ0v) is 50.2. The van der Waals surface area contributed by atoms with E-state index in [4.69, 9.17) is 9.47 Å². The molecule has 2 aliphatic heterocycles. The van der Waals surface area contributed by atoms with Gasteiger partial charge in [-0.3, -0.25) is 19.4 Å². The van der Waals surface area contributed by atoms with Gasteiger partial charge in [0.1, 0.15) is 0 Å². The van der Waals surface area contributed by atoms with Gasteiger partial charge >= 0.3 is 12.4 Å². The summed E-state index contributed by atoms with van der Waals surface area (Å²) in [6.07, 6.45) is -4.97. The highest BCUT2D eigenvalue weighted by atomic mass is 32.2. The zero-order chi connectivity index (χ0) is 58.5. The number of benzene rings is 2. The second kappa shape index (κ2) is 26.8. The van der Waals surface area contributed by atoms with E-state index in [9.17, 15) is 52.8 Å². The lowest BCUT2D eigenvalue weighted by molar-refractivity contribution is -0.185. The van der Waals surface area contributed by atoms with Crippen molar-refractivity contribution in [2.24, 2.45) is 35.5 Å². The number of nitrogens with zero attached hydrogens (tertiary/aromatic N) is 2. The van der Waals surface area contributed by atoms with Crippen LogP contribution in [0.4, 0.5) is 26.3 Å². The summed E-state index contributed by atoms with van der Waals surface area (Å²) in [6, 6.07) is 16.3. The van der Waals surface area contributed by atoms with Crippen LogP contribution in [0.25, 0.3) is 0 Å². The van der Waals surface area contributed by atoms with E-state index in [0.717, 1.165) is 45.1 Å². The van der Waals surface area contributed by atoms with E-state index in [0.29, 0.717) is 60.4 Å². The van der Waals surface area contributed by atoms with Crippen molar-refractivity contribution in [3.8, 4) is 0 Å². The van der Waals surface area contributed by atoms with E-state index >= 15 is 0 Å². The predicted molar refractivity (Wildman–Crippen MR) is 300 cm³/mol. The van der Waals surface area contributed by atoms with Gasteiger partial charge in [-0.2, -0.15) is 26.3 Å². The lowest BCUT2D eigenvalue weighted by Gasteiger charge is -2.35. The Balaban J connectivity index is 0.000000231. The molecule has 4 atom stereocenters. The topological polar surface area (TPSA) is 151 Å². The molecular weight excluding hydrogens is 1120 g/mol. The molecule has 4 aromatic rings. The number of hydrogen-bond acceptors (Lipinski definition) is 12. The maximum atomic E-state index is 13.3. The minimum atomic E-state index is -4.10. The second-order valence-corrected chi connectivity index (χ2v) is 29.4. The molecule has 2 amide bonds. The lowest BCUT2D eigenvalue weighted by atomic mass is 9.81. The Morgan fingerprint density at radius 2 is 0.900 bits per heavy atom. The van der Waals surface area contributed by atoms with Crippen LogP contribution in [0.5, 0.6) is 0 Å². The van der Waals surface area contributed by atoms with Crippen LogP contribution in [-0.4, -0.2) is 103 Å². The Kier molecular flexibility index (Phi) is 21.3. The first-order chi connectivity index (χ1) is 37.7. The minimum Gasteiger partial charge on any atom is -0.382 e. The molecule has 0 unspecified atom stereocenters. The maximum Gasteiger partial charge on any atom is 0.391 e. The highest BCUT2D eigenvalue weighted by Crippen LogP contribution is 2.48. The van der Waals surface area contributed by atoms with Crippen LogP contribution in [0.15, 0.2) is 70.5 Å². The first-order valence-electron chi connectivity index (χ1n) is 27.8. The third kappa shape index (κ3) is 15.4. The average Bonchev–Trinajstić information content (AvgIpc) is 4.18. The maximum absolute atomic E-state index is 13.3. The van der Waals surface area contributed by atoms with Crippen LogP contribution in [0.3, 0.4) is 0 Å². The first-order valence-corrected chi connectivity index (χ1v) is 32.7. The fourth-order valence-corrected chi connectivity index (χ4v) is 16.6. The molecule has 0 bridgehead atoms. The van der Waals surface area contributed by atoms with Crippen LogP contribution in [-0.2, 0) is 42.2 Å². The van der Waals surface area contributed by atoms with Crippen LogP contribution < -0.4 is 10.6 Å². The highest BCUT2D eigenvalue weighted by molar-refractivity contribution is 7.91. The highest BCUT2D eigenvalue weighted by Gasteiger charge is 2.45. The molecule has 80 heavy (non-hydrogen) atoms. The van der Waals surface area contributed by atoms with E-state index < -0.39 is 55.9 Å². The summed E-state index contributed by atoms with van der Waals surface area (Å²) in [7, 11) is -3.54. The summed E-state index contributed by atoms with van der Waals surface area (Å²) in [5, 5.41) is 6.08. The Morgan fingerprint density at radius 3 is 1.18 bits per heavy atom. The number of ether oxygens (including phenoxy) is 2. The number of alkyl halides is 6. The van der Waals surface area contributed by atoms with Crippen LogP contribution >= 0.6 is 22.7 Å². The summed E-state index contributed by atoms with van der Waals surface area (Å²) < 4.78 is 138. The van der Waals surface area contributed by atoms with Crippen molar-refractivity contribution in [1.82, 2.24) is 20.4 Å². The molecule has 4 heterocycles. The van der Waals surface area contributed by atoms with E-state index in [1.54, 1.807) is 76.6 Å². The summed E-state index contributed by atoms with van der Waals surface area (Å²) in [6.45, 7) is 15.2. The van der Waals surface area contributed by atoms with Crippen molar-refractivity contribution in [3.05, 3.63) is 102 Å². The van der Waals surface area contributed by atoms with Gasteiger partial charge in [-0.1, -0.05) is 65.8 Å². The van der Waals surface area contributed by atoms with Gasteiger partial charge in [0.15, 0.2) is 19.7 Å². The van der Waals surface area contributed by atoms with Crippen LogP contribution in [0, 0.1) is 35.5 Å². The number of rotatable bonds is 20. The molecule has 0 radical (unpaired) electrons. The smallest absolute Gasteiger partial charge is 0.382 e. The number of thiophene rings is 2.